The van der Waals surface area contributed by atoms with E-state index in [9.17, 15) is 14.2 Å². The monoisotopic (exact) mass is 607 g/mol. The molecule has 1 heterocycles. The molecule has 2 aliphatic rings. The largest absolute Gasteiger partial charge is 0.535 e. The van der Waals surface area contributed by atoms with Gasteiger partial charge in [0.25, 0.3) is 0 Å². The summed E-state index contributed by atoms with van der Waals surface area (Å²) in [6.45, 7) is 6.09. The Morgan fingerprint density at radius 2 is 1.44 bits per heavy atom. The predicted octanol–water partition coefficient (Wildman–Crippen LogP) is 6.38. The number of likely N-dealkylation sites (N-methyl/N-ethyl adjacent to an activating group) is 1. The highest BCUT2D eigenvalue weighted by atomic mass is 31.2. The van der Waals surface area contributed by atoms with Crippen molar-refractivity contribution in [2.45, 2.75) is 65.2 Å². The van der Waals surface area contributed by atoms with Gasteiger partial charge in [-0.05, 0) is 78.3 Å². The molecule has 1 fully saturated rings. The van der Waals surface area contributed by atoms with E-state index in [2.05, 4.69) is 4.90 Å². The zero-order valence-electron chi connectivity index (χ0n) is 24.7. The van der Waals surface area contributed by atoms with Crippen molar-refractivity contribution >= 4 is 20.1 Å². The molecule has 0 radical (unpaired) electrons. The molecule has 1 aromatic rings. The van der Waals surface area contributed by atoms with Gasteiger partial charge in [0.2, 0.25) is 13.6 Å². The minimum Gasteiger partial charge on any atom is -0.493 e. The van der Waals surface area contributed by atoms with Crippen LogP contribution in [0, 0.1) is 5.92 Å². The Balaban J connectivity index is 0.00000125. The molecule has 13 nitrogen and oxygen atoms in total. The molecular formula is C27H46NO12P. The van der Waals surface area contributed by atoms with Gasteiger partial charge in [-0.25, -0.2) is 23.2 Å². The number of methoxy groups -OCH3 is 2. The molecule has 1 saturated heterocycles. The Morgan fingerprint density at radius 1 is 0.927 bits per heavy atom. The standard InChI is InChI=1S/C19H32NO10P.C8H10O2.2H2/c1-13(2)28-18(21)24-11-26-31(23,27-12-25-19(22)29-14(3)4)30-16-7-6-15-8-9-20(5)17(15)10-16;1-9-7-5-3-4-6-8(7)10-2;;/h10,13-15,17H,6-9,11-12H2,1-5H3;3-6H,1-2H3;2*1H. The number of likely N-dealkylation sites (tertiary alicyclic amines) is 1. The van der Waals surface area contributed by atoms with Crippen LogP contribution in [0.4, 0.5) is 9.59 Å². The van der Waals surface area contributed by atoms with E-state index in [1.807, 2.05) is 37.4 Å². The van der Waals surface area contributed by atoms with Gasteiger partial charge in [0, 0.05) is 15.3 Å². The average Bonchev–Trinajstić information content (AvgIpc) is 3.27. The number of ether oxygens (including phenoxy) is 6. The van der Waals surface area contributed by atoms with Crippen molar-refractivity contribution in [3.05, 3.63) is 36.1 Å². The molecule has 3 rings (SSSR count). The normalized spacial score (nSPS) is 18.4. The highest BCUT2D eigenvalue weighted by molar-refractivity contribution is 7.48. The summed E-state index contributed by atoms with van der Waals surface area (Å²) in [5.74, 6) is 2.49. The number of carbonyl (C=O) groups excluding carboxylic acids is 2. The SMILES string of the molecule is CC(C)OC(=O)OCOP(=O)(OCOC(=O)OC(C)C)OC1=CC2C(CC1)CCN2C.COc1ccccc1OC.[HH].[HH]. The van der Waals surface area contributed by atoms with Crippen LogP contribution in [0.2, 0.25) is 0 Å². The van der Waals surface area contributed by atoms with Crippen LogP contribution < -0.4 is 9.47 Å². The second-order valence-corrected chi connectivity index (χ2v) is 11.3. The quantitative estimate of drug-likeness (QED) is 0.148. The van der Waals surface area contributed by atoms with Crippen molar-refractivity contribution < 1.29 is 59.0 Å². The zero-order valence-corrected chi connectivity index (χ0v) is 25.6. The molecule has 0 saturated carbocycles. The lowest BCUT2D eigenvalue weighted by Gasteiger charge is -2.29. The summed E-state index contributed by atoms with van der Waals surface area (Å²) in [7, 11) is 0.982. The number of rotatable bonds is 12. The van der Waals surface area contributed by atoms with E-state index >= 15 is 0 Å². The second kappa shape index (κ2) is 17.1. The first-order valence-corrected chi connectivity index (χ1v) is 14.8. The van der Waals surface area contributed by atoms with E-state index in [1.54, 1.807) is 41.9 Å². The molecule has 1 aliphatic heterocycles. The summed E-state index contributed by atoms with van der Waals surface area (Å²) in [6.07, 6.45) is 1.63. The van der Waals surface area contributed by atoms with Gasteiger partial charge in [-0.2, -0.15) is 0 Å². The van der Waals surface area contributed by atoms with Crippen LogP contribution in [0.15, 0.2) is 36.1 Å². The first-order valence-electron chi connectivity index (χ1n) is 13.3. The van der Waals surface area contributed by atoms with Crippen molar-refractivity contribution in [1.82, 2.24) is 4.90 Å². The fraction of sp³-hybridized carbons (Fsp3) is 0.630. The van der Waals surface area contributed by atoms with Crippen LogP contribution in [-0.2, 0) is 37.1 Å². The van der Waals surface area contributed by atoms with Gasteiger partial charge in [-0.3, -0.25) is 4.90 Å². The number of nitrogens with zero attached hydrogens (tertiary/aromatic N) is 1. The number of hydrogen-bond donors (Lipinski definition) is 0. The maximum absolute atomic E-state index is 13.1. The summed E-state index contributed by atoms with van der Waals surface area (Å²) in [5.41, 5.74) is 0. The average molecular weight is 608 g/mol. The molecule has 14 heteroatoms. The van der Waals surface area contributed by atoms with E-state index in [1.165, 1.54) is 0 Å². The third kappa shape index (κ3) is 12.2. The van der Waals surface area contributed by atoms with Gasteiger partial charge in [0.15, 0.2) is 11.5 Å². The molecule has 0 bridgehead atoms. The Bertz CT molecular complexity index is 1000. The topological polar surface area (TPSA) is 138 Å². The number of para-hydroxylation sites is 2. The molecule has 1 aliphatic carbocycles. The predicted molar refractivity (Wildman–Crippen MR) is 152 cm³/mol. The second-order valence-electron chi connectivity index (χ2n) is 9.70. The molecular weight excluding hydrogens is 561 g/mol. The van der Waals surface area contributed by atoms with Gasteiger partial charge >= 0.3 is 20.1 Å². The van der Waals surface area contributed by atoms with Gasteiger partial charge in [0.05, 0.1) is 26.4 Å². The summed E-state index contributed by atoms with van der Waals surface area (Å²) in [5, 5.41) is 0. The maximum atomic E-state index is 13.1. The Hall–Kier alpha value is -2.99. The van der Waals surface area contributed by atoms with Gasteiger partial charge < -0.3 is 32.9 Å². The van der Waals surface area contributed by atoms with Gasteiger partial charge in [0.1, 0.15) is 5.76 Å². The molecule has 0 aromatic heterocycles. The molecule has 2 unspecified atom stereocenters. The Morgan fingerprint density at radius 3 is 1.90 bits per heavy atom. The fourth-order valence-electron chi connectivity index (χ4n) is 4.06. The number of carbonyl (C=O) groups is 2. The van der Waals surface area contributed by atoms with Crippen molar-refractivity contribution in [1.29, 1.82) is 0 Å². The number of phosphoric acid groups is 1. The van der Waals surface area contributed by atoms with Crippen LogP contribution in [0.3, 0.4) is 0 Å². The van der Waals surface area contributed by atoms with Crippen LogP contribution in [-0.4, -0.2) is 76.9 Å². The van der Waals surface area contributed by atoms with Gasteiger partial charge in [-0.1, -0.05) is 12.1 Å². The van der Waals surface area contributed by atoms with Gasteiger partial charge in [-0.15, -0.1) is 0 Å². The smallest absolute Gasteiger partial charge is 0.493 e. The summed E-state index contributed by atoms with van der Waals surface area (Å²) in [6, 6.07) is 7.70. The van der Waals surface area contributed by atoms with Crippen molar-refractivity contribution in [3.63, 3.8) is 0 Å². The van der Waals surface area contributed by atoms with E-state index < -0.39 is 45.9 Å². The molecule has 236 valence electrons. The first kappa shape index (κ1) is 34.2. The summed E-state index contributed by atoms with van der Waals surface area (Å²) < 4.78 is 57.9. The Kier molecular flexibility index (Phi) is 14.3. The van der Waals surface area contributed by atoms with Crippen molar-refractivity contribution in [2.24, 2.45) is 5.92 Å². The fourth-order valence-corrected chi connectivity index (χ4v) is 5.04. The minimum absolute atomic E-state index is 0. The third-order valence-corrected chi connectivity index (χ3v) is 7.22. The number of hydrogen-bond acceptors (Lipinski definition) is 13. The molecule has 0 spiro atoms. The highest BCUT2D eigenvalue weighted by Gasteiger charge is 2.37. The summed E-state index contributed by atoms with van der Waals surface area (Å²) in [4.78, 5) is 25.2. The molecule has 0 N–H and O–H groups in total. The van der Waals surface area contributed by atoms with E-state index in [4.69, 9.17) is 42.0 Å². The van der Waals surface area contributed by atoms with Crippen LogP contribution >= 0.6 is 7.82 Å². The van der Waals surface area contributed by atoms with E-state index in [0.717, 1.165) is 30.9 Å². The van der Waals surface area contributed by atoms with Crippen LogP contribution in [0.25, 0.3) is 0 Å². The maximum Gasteiger partial charge on any atom is 0.535 e. The first-order chi connectivity index (χ1) is 19.5. The number of fused-ring (bicyclic) bond motifs is 1. The summed E-state index contributed by atoms with van der Waals surface area (Å²) >= 11 is 0. The van der Waals surface area contributed by atoms with Crippen LogP contribution in [0.5, 0.6) is 11.5 Å². The number of benzene rings is 1. The van der Waals surface area contributed by atoms with Crippen molar-refractivity contribution in [3.8, 4) is 11.5 Å². The van der Waals surface area contributed by atoms with E-state index in [-0.39, 0.29) is 8.90 Å². The molecule has 0 amide bonds. The zero-order chi connectivity index (χ0) is 30.4. The third-order valence-electron chi connectivity index (χ3n) is 5.92. The molecule has 41 heavy (non-hydrogen) atoms. The lowest BCUT2D eigenvalue weighted by atomic mass is 9.89. The molecule has 2 atom stereocenters. The lowest BCUT2D eigenvalue weighted by molar-refractivity contribution is -0.0426. The lowest BCUT2D eigenvalue weighted by Crippen LogP contribution is -2.30. The molecule has 1 aromatic carbocycles. The van der Waals surface area contributed by atoms with E-state index in [0.29, 0.717) is 18.1 Å². The van der Waals surface area contributed by atoms with Crippen LogP contribution in [0.1, 0.15) is 49.8 Å². The number of allylic oxidation sites excluding steroid dienone is 1. The minimum atomic E-state index is -4.28. The highest BCUT2D eigenvalue weighted by Crippen LogP contribution is 2.53. The van der Waals surface area contributed by atoms with Crippen molar-refractivity contribution in [2.75, 3.05) is 41.4 Å². The Labute approximate surface area is 244 Å². The number of phosphoric ester groups is 1.